The van der Waals surface area contributed by atoms with E-state index in [1.54, 1.807) is 0 Å². The predicted molar refractivity (Wildman–Crippen MR) is 65.4 cm³/mol. The molecule has 0 aromatic carbocycles. The number of fused-ring (bicyclic) bond motifs is 1. The summed E-state index contributed by atoms with van der Waals surface area (Å²) < 4.78 is 1.93. The van der Waals surface area contributed by atoms with Gasteiger partial charge in [-0.2, -0.15) is 0 Å². The smallest absolute Gasteiger partial charge is 0.309 e. The summed E-state index contributed by atoms with van der Waals surface area (Å²) in [5.41, 5.74) is 3.66. The number of nitrogens with zero attached hydrogens (tertiary/aromatic N) is 2. The molecule has 0 radical (unpaired) electrons. The summed E-state index contributed by atoms with van der Waals surface area (Å²) in [6.07, 6.45) is 0.0199. The second-order valence-corrected chi connectivity index (χ2v) is 4.52. The van der Waals surface area contributed by atoms with Gasteiger partial charge in [0.05, 0.1) is 12.1 Å². The largest absolute Gasteiger partial charge is 0.481 e. The molecule has 2 aromatic heterocycles. The fraction of sp³-hybridized carbons (Fsp3) is 0.385. The maximum Gasteiger partial charge on any atom is 0.309 e. The van der Waals surface area contributed by atoms with Gasteiger partial charge in [-0.3, -0.25) is 4.79 Å². The van der Waals surface area contributed by atoms with Crippen molar-refractivity contribution in [2.75, 3.05) is 0 Å². The summed E-state index contributed by atoms with van der Waals surface area (Å²) in [4.78, 5) is 15.4. The normalized spacial score (nSPS) is 11.3. The van der Waals surface area contributed by atoms with Crippen molar-refractivity contribution in [3.05, 3.63) is 35.3 Å². The van der Waals surface area contributed by atoms with E-state index in [9.17, 15) is 4.79 Å². The Balaban J connectivity index is 2.66. The summed E-state index contributed by atoms with van der Waals surface area (Å²) in [6.45, 7) is 6.16. The molecule has 17 heavy (non-hydrogen) atoms. The van der Waals surface area contributed by atoms with Crippen LogP contribution in [-0.4, -0.2) is 20.5 Å². The van der Waals surface area contributed by atoms with Gasteiger partial charge in [0.1, 0.15) is 5.65 Å². The van der Waals surface area contributed by atoms with E-state index in [1.165, 1.54) is 0 Å². The first-order valence-corrected chi connectivity index (χ1v) is 5.69. The number of carbonyl (C=O) groups is 1. The van der Waals surface area contributed by atoms with Crippen LogP contribution in [0.2, 0.25) is 0 Å². The minimum atomic E-state index is -0.823. The molecule has 0 bridgehead atoms. The lowest BCUT2D eigenvalue weighted by atomic mass is 10.1. The summed E-state index contributed by atoms with van der Waals surface area (Å²) >= 11 is 0. The summed E-state index contributed by atoms with van der Waals surface area (Å²) in [6, 6.07) is 5.59. The van der Waals surface area contributed by atoms with E-state index in [2.05, 4.69) is 18.8 Å². The van der Waals surface area contributed by atoms with Gasteiger partial charge in [0.15, 0.2) is 0 Å². The molecule has 90 valence electrons. The van der Waals surface area contributed by atoms with Gasteiger partial charge in [0, 0.05) is 11.4 Å². The number of aliphatic carboxylic acids is 1. The highest BCUT2D eigenvalue weighted by molar-refractivity contribution is 5.70. The molecular formula is C13H16N2O2. The van der Waals surface area contributed by atoms with Crippen LogP contribution in [-0.2, 0) is 11.2 Å². The van der Waals surface area contributed by atoms with Crippen LogP contribution in [0, 0.1) is 6.92 Å². The zero-order chi connectivity index (χ0) is 12.6. The number of imidazole rings is 1. The van der Waals surface area contributed by atoms with Crippen LogP contribution >= 0.6 is 0 Å². The van der Waals surface area contributed by atoms with Crippen molar-refractivity contribution < 1.29 is 9.90 Å². The van der Waals surface area contributed by atoms with E-state index < -0.39 is 5.97 Å². The highest BCUT2D eigenvalue weighted by Crippen LogP contribution is 2.21. The fourth-order valence-electron chi connectivity index (χ4n) is 2.17. The van der Waals surface area contributed by atoms with Gasteiger partial charge in [-0.1, -0.05) is 19.9 Å². The van der Waals surface area contributed by atoms with Crippen LogP contribution in [0.4, 0.5) is 0 Å². The van der Waals surface area contributed by atoms with E-state index >= 15 is 0 Å². The van der Waals surface area contributed by atoms with Crippen molar-refractivity contribution >= 4 is 11.6 Å². The monoisotopic (exact) mass is 232 g/mol. The molecule has 1 N–H and O–H groups in total. The quantitative estimate of drug-likeness (QED) is 0.884. The Labute approximate surface area is 99.9 Å². The molecule has 0 fully saturated rings. The van der Waals surface area contributed by atoms with Crippen LogP contribution < -0.4 is 0 Å². The highest BCUT2D eigenvalue weighted by atomic mass is 16.4. The van der Waals surface area contributed by atoms with E-state index in [-0.39, 0.29) is 6.42 Å². The minimum Gasteiger partial charge on any atom is -0.481 e. The maximum atomic E-state index is 10.8. The lowest BCUT2D eigenvalue weighted by Gasteiger charge is -2.05. The van der Waals surface area contributed by atoms with Gasteiger partial charge >= 0.3 is 5.97 Å². The molecule has 2 heterocycles. The van der Waals surface area contributed by atoms with Gasteiger partial charge in [-0.25, -0.2) is 4.98 Å². The predicted octanol–water partition coefficient (Wildman–Crippen LogP) is 2.39. The average Bonchev–Trinajstić information content (AvgIpc) is 2.56. The zero-order valence-corrected chi connectivity index (χ0v) is 10.3. The Bertz CT molecular complexity index is 570. The first-order chi connectivity index (χ1) is 8.00. The van der Waals surface area contributed by atoms with Gasteiger partial charge in [-0.15, -0.1) is 0 Å². The Hall–Kier alpha value is -1.84. The van der Waals surface area contributed by atoms with E-state index in [1.807, 2.05) is 29.5 Å². The number of aryl methyl sites for hydroxylation is 1. The van der Waals surface area contributed by atoms with E-state index in [0.29, 0.717) is 5.92 Å². The number of carboxylic acids is 1. The standard InChI is InChI=1S/C13H16N2O2/c1-8(2)13-9(3)15-10(7-12(16)17)5-4-6-11(15)14-13/h4-6,8H,7H2,1-3H3,(H,16,17). The molecule has 0 unspecified atom stereocenters. The minimum absolute atomic E-state index is 0.0199. The molecule has 0 saturated carbocycles. The molecule has 0 amide bonds. The molecule has 0 aliphatic heterocycles. The molecule has 2 aromatic rings. The first kappa shape index (κ1) is 11.6. The third-order valence-corrected chi connectivity index (χ3v) is 2.87. The summed E-state index contributed by atoms with van der Waals surface area (Å²) in [7, 11) is 0. The third-order valence-electron chi connectivity index (χ3n) is 2.87. The van der Waals surface area contributed by atoms with Gasteiger partial charge in [0.25, 0.3) is 0 Å². The van der Waals surface area contributed by atoms with E-state index in [4.69, 9.17) is 5.11 Å². The number of rotatable bonds is 3. The summed E-state index contributed by atoms with van der Waals surface area (Å²) in [5, 5.41) is 8.90. The maximum absolute atomic E-state index is 10.8. The van der Waals surface area contributed by atoms with Crippen LogP contribution in [0.5, 0.6) is 0 Å². The fourth-order valence-corrected chi connectivity index (χ4v) is 2.17. The van der Waals surface area contributed by atoms with Crippen molar-refractivity contribution in [1.82, 2.24) is 9.38 Å². The summed E-state index contributed by atoms with van der Waals surface area (Å²) in [5.74, 6) is -0.482. The van der Waals surface area contributed by atoms with E-state index in [0.717, 1.165) is 22.7 Å². The average molecular weight is 232 g/mol. The molecule has 0 aliphatic carbocycles. The SMILES string of the molecule is Cc1c(C(C)C)nc2cccc(CC(=O)O)n12. The first-order valence-electron chi connectivity index (χ1n) is 5.69. The van der Waals surface area contributed by atoms with Crippen LogP contribution in [0.25, 0.3) is 5.65 Å². The molecule has 0 aliphatic rings. The van der Waals surface area contributed by atoms with Crippen molar-refractivity contribution in [2.24, 2.45) is 0 Å². The number of hydrogen-bond acceptors (Lipinski definition) is 2. The Morgan fingerprint density at radius 3 is 2.76 bits per heavy atom. The second-order valence-electron chi connectivity index (χ2n) is 4.52. The van der Waals surface area contributed by atoms with Crippen LogP contribution in [0.3, 0.4) is 0 Å². The number of aromatic nitrogens is 2. The number of hydrogen-bond donors (Lipinski definition) is 1. The van der Waals surface area contributed by atoms with Crippen molar-refractivity contribution in [2.45, 2.75) is 33.1 Å². The van der Waals surface area contributed by atoms with Crippen LogP contribution in [0.1, 0.15) is 36.8 Å². The van der Waals surface area contributed by atoms with Crippen molar-refractivity contribution in [3.8, 4) is 0 Å². The molecule has 2 rings (SSSR count). The Morgan fingerprint density at radius 1 is 1.47 bits per heavy atom. The van der Waals surface area contributed by atoms with Gasteiger partial charge in [0.2, 0.25) is 0 Å². The van der Waals surface area contributed by atoms with Gasteiger partial charge < -0.3 is 9.51 Å². The number of pyridine rings is 1. The molecule has 0 spiro atoms. The molecule has 4 nitrogen and oxygen atoms in total. The third kappa shape index (κ3) is 2.02. The Morgan fingerprint density at radius 2 is 2.18 bits per heavy atom. The Kier molecular flexibility index (Phi) is 2.88. The lowest BCUT2D eigenvalue weighted by Crippen LogP contribution is -2.06. The molecule has 0 saturated heterocycles. The topological polar surface area (TPSA) is 54.6 Å². The molecule has 0 atom stereocenters. The molecule has 4 heteroatoms. The lowest BCUT2D eigenvalue weighted by molar-refractivity contribution is -0.136. The second kappa shape index (κ2) is 4.20. The zero-order valence-electron chi connectivity index (χ0n) is 10.3. The molecular weight excluding hydrogens is 216 g/mol. The highest BCUT2D eigenvalue weighted by Gasteiger charge is 2.14. The van der Waals surface area contributed by atoms with Crippen LogP contribution in [0.15, 0.2) is 18.2 Å². The number of carboxylic acid groups (broad SMARTS) is 1. The van der Waals surface area contributed by atoms with Crippen molar-refractivity contribution in [3.63, 3.8) is 0 Å². The van der Waals surface area contributed by atoms with Gasteiger partial charge in [-0.05, 0) is 25.0 Å². The van der Waals surface area contributed by atoms with Crippen molar-refractivity contribution in [1.29, 1.82) is 0 Å².